The topological polar surface area (TPSA) is 382 Å². The van der Waals surface area contributed by atoms with E-state index in [1.807, 2.05) is 63.2 Å². The van der Waals surface area contributed by atoms with Crippen molar-refractivity contribution in [1.82, 2.24) is 37.2 Å². The van der Waals surface area contributed by atoms with Crippen molar-refractivity contribution < 1.29 is 77.3 Å². The molecule has 1 saturated heterocycles. The van der Waals surface area contributed by atoms with Crippen molar-refractivity contribution in [3.63, 3.8) is 0 Å². The number of cyclic esters (lactones) is 1. The number of aliphatic hydroxyl groups excluding tert-OH is 2. The highest BCUT2D eigenvalue weighted by Gasteiger charge is 2.61. The molecular weight excluding hydrogens is 1220 g/mol. The number of aliphatic hydroxyl groups is 2. The molecule has 24 nitrogen and oxygen atoms in total. The lowest BCUT2D eigenvalue weighted by Crippen LogP contribution is -2.57. The molecule has 0 bridgehead atoms. The lowest BCUT2D eigenvalue weighted by Gasteiger charge is -2.30. The van der Waals surface area contributed by atoms with Gasteiger partial charge in [-0.05, 0) is 93.2 Å². The van der Waals surface area contributed by atoms with Crippen LogP contribution in [0.1, 0.15) is 181 Å². The summed E-state index contributed by atoms with van der Waals surface area (Å²) in [6.07, 6.45) is -1.35. The molecule has 11 N–H and O–H groups in total. The fraction of sp³-hybridized carbons (Fsp3) is 0.648. The van der Waals surface area contributed by atoms with Crippen LogP contribution in [0.25, 0.3) is 0 Å². The van der Waals surface area contributed by atoms with Gasteiger partial charge in [0.1, 0.15) is 23.7 Å². The molecule has 24 heteroatoms. The average molecular weight is 1330 g/mol. The highest BCUT2D eigenvalue weighted by Crippen LogP contribution is 2.47. The van der Waals surface area contributed by atoms with Gasteiger partial charge in [-0.15, -0.1) is 0 Å². The summed E-state index contributed by atoms with van der Waals surface area (Å²) in [5.74, 6) is -17.0. The second-order valence-corrected chi connectivity index (χ2v) is 26.7. The Balaban J connectivity index is 1.51. The molecule has 2 aliphatic rings. The summed E-state index contributed by atoms with van der Waals surface area (Å²) in [7, 11) is 0. The van der Waals surface area contributed by atoms with Gasteiger partial charge in [0.05, 0.1) is 43.2 Å². The number of amides is 8. The molecule has 2 aromatic carbocycles. The van der Waals surface area contributed by atoms with Gasteiger partial charge in [0.15, 0.2) is 23.1 Å². The first-order chi connectivity index (χ1) is 44.9. The van der Waals surface area contributed by atoms with E-state index in [4.69, 9.17) is 10.5 Å². The van der Waals surface area contributed by atoms with Gasteiger partial charge in [-0.2, -0.15) is 0 Å². The molecule has 8 amide bonds. The third kappa shape index (κ3) is 23.0. The van der Waals surface area contributed by atoms with Crippen molar-refractivity contribution in [1.29, 1.82) is 0 Å². The van der Waals surface area contributed by atoms with Crippen LogP contribution in [-0.4, -0.2) is 148 Å². The predicted molar refractivity (Wildman–Crippen MR) is 355 cm³/mol. The minimum Gasteiger partial charge on any atom is -0.458 e. The number of nitrogens with two attached hydrogens (primary N) is 1. The SMILES string of the molecule is CC[C@H](Cc1ccccc1)C(=O)N[C@H](C(=O)C[C@@H](CO)C(=O)N[C@H](CCC(N)=O)C(=O)C[C@@H](C(=O)N[C@H](C(=O)C[C@@H](CO)C(=O)N[C@H]1C(=O)C[C@@H](C)C(=O)NC2(CC2CCNC(=O)c2ccc(C)cc2)C(=O)N[C@@H]([C@@H](C)CC)C(=O)O[C@H]1C)[C@@H](C)CC)[C@@H](C)CC)[C@@H](C)CC. The Bertz CT molecular complexity index is 3000. The van der Waals surface area contributed by atoms with E-state index in [0.29, 0.717) is 44.1 Å². The number of ether oxygens (including phenoxy) is 1. The van der Waals surface area contributed by atoms with Crippen LogP contribution in [-0.2, 0) is 68.7 Å². The van der Waals surface area contributed by atoms with Gasteiger partial charge in [0.2, 0.25) is 41.4 Å². The van der Waals surface area contributed by atoms with E-state index in [0.717, 1.165) is 11.1 Å². The molecule has 2 unspecified atom stereocenters. The number of hydrogen-bond acceptors (Lipinski definition) is 16. The maximum absolute atomic E-state index is 14.6. The third-order valence-electron chi connectivity index (χ3n) is 19.5. The standard InChI is InChI=1S/C71H106N8O16/c1-13-40(7)52(35-54(82)53(27-28-58(72)86)74-66(90)49(37-80)33-56(84)59(41(8)14-2)75-65(89)47(17-5)32-46-21-19-18-20-22-46)68(92)76-60(42(9)15-3)57(85)34-50(38-81)67(91)77-62-45(12)95-69(93)61(43(10)16-4)78-70(94)71(79-63(87)44(11)31-55(62)83)36-51(71)29-30-73-64(88)48-25-23-39(6)24-26-48/h18-26,40-45,47,49-53,59-62,80-81H,13-17,27-38H2,1-12H3,(H2,72,86)(H,73,88)(H,74,90)(H,75,89)(H,76,92)(H,77,91)(H,78,94)(H,79,87)/t40-,41-,42-,43-,44+,45-,47+,49-,50-,51?,52+,53+,59-,60-,61-,62+,71?/m0/s1. The Hall–Kier alpha value is -7.73. The number of esters is 1. The molecule has 17 atom stereocenters. The summed E-state index contributed by atoms with van der Waals surface area (Å²) in [5, 5.41) is 40.6. The number of rotatable bonds is 37. The quantitative estimate of drug-likeness (QED) is 0.0420. The number of ketones is 4. The van der Waals surface area contributed by atoms with Crippen molar-refractivity contribution in [3.05, 3.63) is 71.3 Å². The number of primary amides is 1. The Morgan fingerprint density at radius 3 is 1.77 bits per heavy atom. The molecule has 2 aromatic rings. The third-order valence-corrected chi connectivity index (χ3v) is 19.5. The van der Waals surface area contributed by atoms with Crippen LogP contribution in [0.3, 0.4) is 0 Å². The fourth-order valence-electron chi connectivity index (χ4n) is 11.9. The zero-order valence-corrected chi connectivity index (χ0v) is 57.6. The van der Waals surface area contributed by atoms with E-state index in [9.17, 15) is 72.5 Å². The second-order valence-electron chi connectivity index (χ2n) is 26.7. The first-order valence-corrected chi connectivity index (χ1v) is 34.0. The highest BCUT2D eigenvalue weighted by molar-refractivity contribution is 6.01. The van der Waals surface area contributed by atoms with Crippen LogP contribution in [0.4, 0.5) is 0 Å². The summed E-state index contributed by atoms with van der Waals surface area (Å²) < 4.78 is 5.87. The molecule has 1 aliphatic carbocycles. The molecule has 1 heterocycles. The Morgan fingerprint density at radius 2 is 1.23 bits per heavy atom. The summed E-state index contributed by atoms with van der Waals surface area (Å²) in [4.78, 5) is 181. The monoisotopic (exact) mass is 1330 g/mol. The van der Waals surface area contributed by atoms with Crippen molar-refractivity contribution in [2.24, 2.45) is 64.9 Å². The number of aryl methyl sites for hydroxylation is 1. The van der Waals surface area contributed by atoms with Gasteiger partial charge in [0.25, 0.3) is 5.91 Å². The number of Topliss-reactive ketones (excluding diaryl/α,β-unsaturated/α-hetero) is 4. The Kier molecular flexibility index (Phi) is 32.0. The minimum absolute atomic E-state index is 0.162. The predicted octanol–water partition coefficient (Wildman–Crippen LogP) is 4.38. The van der Waals surface area contributed by atoms with Crippen LogP contribution < -0.4 is 43.0 Å². The Labute approximate surface area is 559 Å². The van der Waals surface area contributed by atoms with Gasteiger partial charge in [0, 0.05) is 62.0 Å². The lowest BCUT2D eigenvalue weighted by atomic mass is 9.83. The van der Waals surface area contributed by atoms with Crippen molar-refractivity contribution >= 4 is 76.4 Å². The first-order valence-electron chi connectivity index (χ1n) is 34.0. The van der Waals surface area contributed by atoms with E-state index >= 15 is 0 Å². The number of carbonyl (C=O) groups excluding carboxylic acids is 13. The van der Waals surface area contributed by atoms with Gasteiger partial charge < -0.3 is 57.9 Å². The molecule has 0 aromatic heterocycles. The van der Waals surface area contributed by atoms with Crippen LogP contribution in [0.2, 0.25) is 0 Å². The number of nitrogens with one attached hydrogen (secondary N) is 7. The first kappa shape index (κ1) is 79.7. The van der Waals surface area contributed by atoms with E-state index in [2.05, 4.69) is 37.2 Å². The summed E-state index contributed by atoms with van der Waals surface area (Å²) in [5.41, 5.74) is 6.39. The summed E-state index contributed by atoms with van der Waals surface area (Å²) >= 11 is 0. The molecule has 0 radical (unpaired) electrons. The molecule has 1 spiro atoms. The molecule has 526 valence electrons. The normalized spacial score (nSPS) is 22.6. The minimum atomic E-state index is -1.63. The molecule has 1 aliphatic heterocycles. The molecule has 4 rings (SSSR count). The molecular formula is C71H106N8O16. The second kappa shape index (κ2) is 38.1. The maximum Gasteiger partial charge on any atom is 0.329 e. The largest absolute Gasteiger partial charge is 0.458 e. The van der Waals surface area contributed by atoms with E-state index in [1.165, 1.54) is 13.8 Å². The Morgan fingerprint density at radius 1 is 0.674 bits per heavy atom. The average Bonchev–Trinajstić information content (AvgIpc) is 1.58. The fourth-order valence-corrected chi connectivity index (χ4v) is 11.9. The lowest BCUT2D eigenvalue weighted by molar-refractivity contribution is -0.157. The van der Waals surface area contributed by atoms with Crippen molar-refractivity contribution in [2.45, 2.75) is 215 Å². The van der Waals surface area contributed by atoms with Crippen LogP contribution in [0.15, 0.2) is 54.6 Å². The number of benzene rings is 2. The summed E-state index contributed by atoms with van der Waals surface area (Å²) in [6.45, 7) is 19.1. The maximum atomic E-state index is 14.6. The van der Waals surface area contributed by atoms with Crippen LogP contribution >= 0.6 is 0 Å². The van der Waals surface area contributed by atoms with E-state index < -0.39 is 199 Å². The van der Waals surface area contributed by atoms with E-state index in [1.54, 1.807) is 60.6 Å². The molecule has 2 fully saturated rings. The van der Waals surface area contributed by atoms with Crippen molar-refractivity contribution in [3.8, 4) is 0 Å². The zero-order valence-electron chi connectivity index (χ0n) is 57.6. The van der Waals surface area contributed by atoms with Crippen LogP contribution in [0, 0.1) is 66.1 Å². The van der Waals surface area contributed by atoms with Gasteiger partial charge >= 0.3 is 5.97 Å². The van der Waals surface area contributed by atoms with E-state index in [-0.39, 0.29) is 50.0 Å². The van der Waals surface area contributed by atoms with Crippen molar-refractivity contribution in [2.75, 3.05) is 19.8 Å². The number of carbonyl (C=O) groups is 13. The van der Waals surface area contributed by atoms with Crippen LogP contribution in [0.5, 0.6) is 0 Å². The summed E-state index contributed by atoms with van der Waals surface area (Å²) in [6, 6.07) is 9.79. The smallest absolute Gasteiger partial charge is 0.329 e. The molecule has 1 saturated carbocycles. The van der Waals surface area contributed by atoms with Gasteiger partial charge in [-0.3, -0.25) is 57.5 Å². The number of hydrogen-bond donors (Lipinski definition) is 10. The zero-order chi connectivity index (χ0) is 71.0. The highest BCUT2D eigenvalue weighted by atomic mass is 16.5. The van der Waals surface area contributed by atoms with Gasteiger partial charge in [-0.25, -0.2) is 4.79 Å². The molecule has 95 heavy (non-hydrogen) atoms. The van der Waals surface area contributed by atoms with Gasteiger partial charge in [-0.1, -0.05) is 143 Å².